The molecule has 2 aromatic heterocycles. The molecule has 0 atom stereocenters. The molecule has 0 bridgehead atoms. The molecule has 21 heavy (non-hydrogen) atoms. The molecular weight excluding hydrogens is 296 g/mol. The largest absolute Gasteiger partial charge is 0.409 e. The molecule has 0 unspecified atom stereocenters. The van der Waals surface area contributed by atoms with Crippen LogP contribution in [0.15, 0.2) is 28.3 Å². The van der Waals surface area contributed by atoms with Gasteiger partial charge in [-0.1, -0.05) is 5.16 Å². The summed E-state index contributed by atoms with van der Waals surface area (Å²) >= 11 is 1.44. The fourth-order valence-corrected chi connectivity index (χ4v) is 2.26. The van der Waals surface area contributed by atoms with Crippen LogP contribution >= 0.6 is 11.3 Å². The summed E-state index contributed by atoms with van der Waals surface area (Å²) < 4.78 is 0. The summed E-state index contributed by atoms with van der Waals surface area (Å²) in [5, 5.41) is 24.4. The molecule has 2 rings (SSSR count). The molecule has 0 amide bonds. The van der Waals surface area contributed by atoms with Crippen LogP contribution in [0.5, 0.6) is 0 Å². The van der Waals surface area contributed by atoms with Crippen LogP contribution in [0.1, 0.15) is 11.3 Å². The van der Waals surface area contributed by atoms with Crippen LogP contribution in [0.25, 0.3) is 0 Å². The highest BCUT2D eigenvalue weighted by atomic mass is 32.1. The Labute approximate surface area is 123 Å². The van der Waals surface area contributed by atoms with Gasteiger partial charge in [-0.05, 0) is 0 Å². The average molecular weight is 308 g/mol. The van der Waals surface area contributed by atoms with E-state index >= 15 is 0 Å². The van der Waals surface area contributed by atoms with E-state index in [1.54, 1.807) is 17.5 Å². The van der Waals surface area contributed by atoms with Gasteiger partial charge in [-0.2, -0.15) is 0 Å². The number of amidine groups is 1. The molecule has 0 aliphatic heterocycles. The lowest BCUT2D eigenvalue weighted by atomic mass is 10.2. The van der Waals surface area contributed by atoms with Crippen LogP contribution in [0.2, 0.25) is 0 Å². The zero-order valence-corrected chi connectivity index (χ0v) is 11.8. The van der Waals surface area contributed by atoms with Gasteiger partial charge in [-0.3, -0.25) is 10.1 Å². The van der Waals surface area contributed by atoms with E-state index in [1.165, 1.54) is 23.6 Å². The molecule has 0 aliphatic carbocycles. The summed E-state index contributed by atoms with van der Waals surface area (Å²) in [6.45, 7) is 0.389. The lowest BCUT2D eigenvalue weighted by molar-refractivity contribution is -0.384. The number of thiazole rings is 1. The minimum atomic E-state index is -0.561. The van der Waals surface area contributed by atoms with Crippen molar-refractivity contribution in [1.29, 1.82) is 0 Å². The van der Waals surface area contributed by atoms with E-state index in [0.717, 1.165) is 5.69 Å². The van der Waals surface area contributed by atoms with E-state index in [4.69, 9.17) is 10.9 Å². The first-order valence-corrected chi connectivity index (χ1v) is 6.67. The Balaban J connectivity index is 2.36. The van der Waals surface area contributed by atoms with Gasteiger partial charge < -0.3 is 15.8 Å². The minimum absolute atomic E-state index is 0.176. The highest BCUT2D eigenvalue weighted by Crippen LogP contribution is 2.26. The molecule has 0 saturated heterocycles. The summed E-state index contributed by atoms with van der Waals surface area (Å²) in [6, 6.07) is 1.22. The lowest BCUT2D eigenvalue weighted by Crippen LogP contribution is -2.20. The van der Waals surface area contributed by atoms with Crippen LogP contribution < -0.4 is 10.6 Å². The number of pyridine rings is 1. The SMILES string of the molecule is CN(Cc1cscn1)c1ncc(C(N)=NO)cc1[N+](=O)[O-]. The third kappa shape index (κ3) is 3.23. The van der Waals surface area contributed by atoms with Crippen molar-refractivity contribution in [3.05, 3.63) is 44.5 Å². The predicted molar refractivity (Wildman–Crippen MR) is 77.6 cm³/mol. The molecular formula is C11H12N6O3S. The molecule has 2 heterocycles. The quantitative estimate of drug-likeness (QED) is 0.279. The van der Waals surface area contributed by atoms with Crippen LogP contribution in [-0.4, -0.2) is 33.0 Å². The van der Waals surface area contributed by atoms with Crippen molar-refractivity contribution < 1.29 is 10.1 Å². The van der Waals surface area contributed by atoms with Gasteiger partial charge in [0.2, 0.25) is 5.82 Å². The van der Waals surface area contributed by atoms with Crippen LogP contribution in [0.4, 0.5) is 11.5 Å². The number of nitrogens with two attached hydrogens (primary N) is 1. The third-order valence-electron chi connectivity index (χ3n) is 2.69. The summed E-state index contributed by atoms with van der Waals surface area (Å²) in [5.74, 6) is -0.0539. The van der Waals surface area contributed by atoms with Gasteiger partial charge in [-0.15, -0.1) is 11.3 Å². The Morgan fingerprint density at radius 1 is 1.62 bits per heavy atom. The summed E-state index contributed by atoms with van der Waals surface area (Å²) in [7, 11) is 1.68. The van der Waals surface area contributed by atoms with E-state index in [1.807, 2.05) is 5.38 Å². The molecule has 9 nitrogen and oxygen atoms in total. The van der Waals surface area contributed by atoms with Gasteiger partial charge >= 0.3 is 5.69 Å². The molecule has 110 valence electrons. The van der Waals surface area contributed by atoms with Gasteiger partial charge in [0.25, 0.3) is 0 Å². The highest BCUT2D eigenvalue weighted by Gasteiger charge is 2.21. The molecule has 2 aromatic rings. The highest BCUT2D eigenvalue weighted by molar-refractivity contribution is 7.07. The van der Waals surface area contributed by atoms with E-state index < -0.39 is 4.92 Å². The van der Waals surface area contributed by atoms with E-state index in [-0.39, 0.29) is 22.9 Å². The maximum Gasteiger partial charge on any atom is 0.312 e. The van der Waals surface area contributed by atoms with Gasteiger partial charge in [0.1, 0.15) is 0 Å². The topological polar surface area (TPSA) is 131 Å². The number of nitro groups is 1. The fourth-order valence-electron chi connectivity index (χ4n) is 1.71. The van der Waals surface area contributed by atoms with Crippen molar-refractivity contribution >= 4 is 28.7 Å². The van der Waals surface area contributed by atoms with Crippen molar-refractivity contribution in [2.75, 3.05) is 11.9 Å². The summed E-state index contributed by atoms with van der Waals surface area (Å²) in [4.78, 5) is 20.4. The van der Waals surface area contributed by atoms with Crippen molar-refractivity contribution in [2.24, 2.45) is 10.9 Å². The Bertz CT molecular complexity index is 673. The Morgan fingerprint density at radius 3 is 2.95 bits per heavy atom. The normalized spacial score (nSPS) is 11.4. The Hall–Kier alpha value is -2.75. The molecule has 0 aliphatic rings. The molecule has 0 radical (unpaired) electrons. The molecule has 0 aromatic carbocycles. The number of oxime groups is 1. The monoisotopic (exact) mass is 308 g/mol. The van der Waals surface area contributed by atoms with Crippen molar-refractivity contribution in [3.63, 3.8) is 0 Å². The molecule has 10 heteroatoms. The molecule has 3 N–H and O–H groups in total. The third-order valence-corrected chi connectivity index (χ3v) is 3.33. The van der Waals surface area contributed by atoms with E-state index in [2.05, 4.69) is 15.1 Å². The number of hydrogen-bond acceptors (Lipinski definition) is 8. The maximum atomic E-state index is 11.2. The minimum Gasteiger partial charge on any atom is -0.409 e. The second-order valence-corrected chi connectivity index (χ2v) is 4.86. The number of nitrogens with zero attached hydrogens (tertiary/aromatic N) is 5. The van der Waals surface area contributed by atoms with Crippen molar-refractivity contribution in [2.45, 2.75) is 6.54 Å². The first-order valence-electron chi connectivity index (χ1n) is 5.73. The number of aromatic nitrogens is 2. The predicted octanol–water partition coefficient (Wildman–Crippen LogP) is 1.18. The number of hydrogen-bond donors (Lipinski definition) is 2. The van der Waals surface area contributed by atoms with E-state index in [9.17, 15) is 10.1 Å². The van der Waals surface area contributed by atoms with Crippen LogP contribution in [0, 0.1) is 10.1 Å². The fraction of sp³-hybridized carbons (Fsp3) is 0.182. The second kappa shape index (κ2) is 6.13. The van der Waals surface area contributed by atoms with Crippen molar-refractivity contribution in [1.82, 2.24) is 9.97 Å². The average Bonchev–Trinajstić information content (AvgIpc) is 2.98. The summed E-state index contributed by atoms with van der Waals surface area (Å²) in [6.07, 6.45) is 1.31. The van der Waals surface area contributed by atoms with Gasteiger partial charge in [0, 0.05) is 30.3 Å². The van der Waals surface area contributed by atoms with E-state index in [0.29, 0.717) is 6.54 Å². The lowest BCUT2D eigenvalue weighted by Gasteiger charge is -2.17. The Morgan fingerprint density at radius 2 is 2.38 bits per heavy atom. The van der Waals surface area contributed by atoms with Crippen LogP contribution in [-0.2, 0) is 6.54 Å². The van der Waals surface area contributed by atoms with Gasteiger partial charge in [0.15, 0.2) is 5.84 Å². The zero-order chi connectivity index (χ0) is 15.4. The van der Waals surface area contributed by atoms with Crippen LogP contribution in [0.3, 0.4) is 0 Å². The maximum absolute atomic E-state index is 11.2. The second-order valence-electron chi connectivity index (χ2n) is 4.14. The van der Waals surface area contributed by atoms with Crippen molar-refractivity contribution in [3.8, 4) is 0 Å². The molecule has 0 saturated carbocycles. The zero-order valence-electron chi connectivity index (χ0n) is 11.0. The summed E-state index contributed by atoms with van der Waals surface area (Å²) in [5.41, 5.74) is 7.84. The Kier molecular flexibility index (Phi) is 4.28. The first kappa shape index (κ1) is 14.7. The van der Waals surface area contributed by atoms with Gasteiger partial charge in [-0.25, -0.2) is 9.97 Å². The number of anilines is 1. The van der Waals surface area contributed by atoms with Gasteiger partial charge in [0.05, 0.1) is 22.7 Å². The molecule has 0 spiro atoms. The number of rotatable bonds is 5. The molecule has 0 fully saturated rings. The first-order chi connectivity index (χ1) is 10.0. The smallest absolute Gasteiger partial charge is 0.312 e. The standard InChI is InChI=1S/C11H12N6O3S/c1-16(4-8-5-21-6-14-8)11-9(17(19)20)2-7(3-13-11)10(12)15-18/h2-3,5-6,18H,4H2,1H3,(H2,12,15).